The normalized spacial score (nSPS) is 14.9. The molecule has 1 aliphatic heterocycles. The van der Waals surface area contributed by atoms with Crippen LogP contribution < -0.4 is 9.47 Å². The van der Waals surface area contributed by atoms with Gasteiger partial charge in [0.15, 0.2) is 17.3 Å². The summed E-state index contributed by atoms with van der Waals surface area (Å²) < 4.78 is 47.7. The molecule has 1 atom stereocenters. The summed E-state index contributed by atoms with van der Waals surface area (Å²) >= 11 is 0. The standard InChI is InChI=1S/C26H17NO8S/c1-32-25(29)22-16-12-19-20(35-26(34-19)36(30,31)15-8-3-2-4-9-15)13-17(16)27-23(22)24(28)21-11-14-7-5-6-10-18(14)33-21/h2-13,26-27H,1H3. The molecule has 0 bridgehead atoms. The Kier molecular flexibility index (Phi) is 4.87. The first-order valence-corrected chi connectivity index (χ1v) is 12.3. The number of ketones is 1. The molecule has 2 aromatic heterocycles. The van der Waals surface area contributed by atoms with E-state index in [0.717, 1.165) is 5.39 Å². The largest absolute Gasteiger partial charge is 0.465 e. The Morgan fingerprint density at radius 3 is 2.33 bits per heavy atom. The van der Waals surface area contributed by atoms with Crippen LogP contribution in [-0.2, 0) is 14.6 Å². The summed E-state index contributed by atoms with van der Waals surface area (Å²) in [6.07, 6.45) is 0. The predicted molar refractivity (Wildman–Crippen MR) is 128 cm³/mol. The molecular formula is C26H17NO8S. The van der Waals surface area contributed by atoms with Crippen LogP contribution in [0.15, 0.2) is 82.1 Å². The zero-order chi connectivity index (χ0) is 25.0. The van der Waals surface area contributed by atoms with Crippen LogP contribution in [0.3, 0.4) is 0 Å². The van der Waals surface area contributed by atoms with Crippen molar-refractivity contribution in [1.29, 1.82) is 0 Å². The Bertz CT molecular complexity index is 1750. The number of fused-ring (bicyclic) bond motifs is 3. The maximum Gasteiger partial charge on any atom is 0.350 e. The van der Waals surface area contributed by atoms with Crippen LogP contribution in [0.2, 0.25) is 0 Å². The lowest BCUT2D eigenvalue weighted by Crippen LogP contribution is -2.29. The fourth-order valence-corrected chi connectivity index (χ4v) is 5.39. The Morgan fingerprint density at radius 2 is 1.61 bits per heavy atom. The zero-order valence-corrected chi connectivity index (χ0v) is 19.5. The maximum absolute atomic E-state index is 13.3. The Labute approximate surface area is 204 Å². The number of nitrogens with one attached hydrogen (secondary N) is 1. The van der Waals surface area contributed by atoms with Gasteiger partial charge in [0.2, 0.25) is 5.78 Å². The minimum Gasteiger partial charge on any atom is -0.465 e. The number of benzene rings is 3. The number of para-hydroxylation sites is 1. The third-order valence-corrected chi connectivity index (χ3v) is 7.53. The number of H-pyrrole nitrogens is 1. The summed E-state index contributed by atoms with van der Waals surface area (Å²) in [6, 6.07) is 19.5. The molecule has 0 saturated carbocycles. The van der Waals surface area contributed by atoms with Crippen LogP contribution in [-0.4, -0.2) is 37.9 Å². The van der Waals surface area contributed by atoms with E-state index < -0.39 is 27.2 Å². The van der Waals surface area contributed by atoms with Gasteiger partial charge >= 0.3 is 11.6 Å². The number of carbonyl (C=O) groups is 2. The van der Waals surface area contributed by atoms with Crippen molar-refractivity contribution in [3.05, 3.63) is 89.8 Å². The van der Waals surface area contributed by atoms with Crippen molar-refractivity contribution in [2.75, 3.05) is 7.11 Å². The molecule has 6 rings (SSSR count). The predicted octanol–water partition coefficient (Wildman–Crippen LogP) is 4.46. The molecular weight excluding hydrogens is 486 g/mol. The smallest absolute Gasteiger partial charge is 0.350 e. The van der Waals surface area contributed by atoms with Gasteiger partial charge in [0.25, 0.3) is 9.84 Å². The highest BCUT2D eigenvalue weighted by Crippen LogP contribution is 2.42. The highest BCUT2D eigenvalue weighted by molar-refractivity contribution is 7.91. The Hall–Kier alpha value is -4.57. The quantitative estimate of drug-likeness (QED) is 0.275. The van der Waals surface area contributed by atoms with Crippen molar-refractivity contribution in [2.45, 2.75) is 10.5 Å². The Morgan fingerprint density at radius 1 is 0.917 bits per heavy atom. The average molecular weight is 503 g/mol. The van der Waals surface area contributed by atoms with Crippen LogP contribution >= 0.6 is 0 Å². The number of methoxy groups -OCH3 is 1. The number of sulfone groups is 1. The van der Waals surface area contributed by atoms with Crippen molar-refractivity contribution in [3.8, 4) is 11.5 Å². The van der Waals surface area contributed by atoms with Crippen LogP contribution in [0.25, 0.3) is 21.9 Å². The molecule has 1 N–H and O–H groups in total. The third-order valence-electron chi connectivity index (χ3n) is 5.90. The number of esters is 1. The summed E-state index contributed by atoms with van der Waals surface area (Å²) in [5, 5.41) is 1.05. The molecule has 0 amide bonds. The fraction of sp³-hybridized carbons (Fsp3) is 0.0769. The molecule has 9 nitrogen and oxygen atoms in total. The summed E-state index contributed by atoms with van der Waals surface area (Å²) in [5.74, 6) is -1.00. The van der Waals surface area contributed by atoms with E-state index in [-0.39, 0.29) is 33.4 Å². The molecule has 1 aliphatic rings. The zero-order valence-electron chi connectivity index (χ0n) is 18.7. The molecule has 0 spiro atoms. The number of hydrogen-bond acceptors (Lipinski definition) is 8. The van der Waals surface area contributed by atoms with Crippen molar-refractivity contribution in [1.82, 2.24) is 4.98 Å². The number of ether oxygens (including phenoxy) is 3. The van der Waals surface area contributed by atoms with Crippen LogP contribution in [0.5, 0.6) is 11.5 Å². The summed E-state index contributed by atoms with van der Waals surface area (Å²) in [7, 11) is -2.76. The van der Waals surface area contributed by atoms with E-state index in [9.17, 15) is 18.0 Å². The van der Waals surface area contributed by atoms with E-state index in [0.29, 0.717) is 16.5 Å². The number of hydrogen-bond donors (Lipinski definition) is 1. The molecule has 10 heteroatoms. The van der Waals surface area contributed by atoms with E-state index in [1.54, 1.807) is 42.5 Å². The lowest BCUT2D eigenvalue weighted by molar-refractivity contribution is 0.0599. The number of rotatable bonds is 5. The van der Waals surface area contributed by atoms with Gasteiger partial charge in [-0.15, -0.1) is 0 Å². The lowest BCUT2D eigenvalue weighted by atomic mass is 10.1. The molecule has 180 valence electrons. The van der Waals surface area contributed by atoms with Gasteiger partial charge in [-0.3, -0.25) is 4.79 Å². The second-order valence-electron chi connectivity index (χ2n) is 8.07. The van der Waals surface area contributed by atoms with Crippen molar-refractivity contribution in [2.24, 2.45) is 0 Å². The van der Waals surface area contributed by atoms with Gasteiger partial charge in [-0.05, 0) is 30.3 Å². The van der Waals surface area contributed by atoms with Crippen LogP contribution in [0, 0.1) is 0 Å². The fourth-order valence-electron chi connectivity index (χ4n) is 4.17. The molecule has 3 aromatic carbocycles. The molecule has 0 saturated heterocycles. The maximum atomic E-state index is 13.3. The summed E-state index contributed by atoms with van der Waals surface area (Å²) in [6.45, 7) is 0. The lowest BCUT2D eigenvalue weighted by Gasteiger charge is -2.11. The highest BCUT2D eigenvalue weighted by Gasteiger charge is 2.38. The van der Waals surface area contributed by atoms with Gasteiger partial charge in [0, 0.05) is 16.8 Å². The second kappa shape index (κ2) is 7.99. The SMILES string of the molecule is COC(=O)c1c(C(=O)c2cc3ccccc3o2)[nH]c2cc3c(cc12)OC(S(=O)(=O)c1ccccc1)O3. The molecule has 36 heavy (non-hydrogen) atoms. The molecule has 0 fully saturated rings. The molecule has 0 aliphatic carbocycles. The van der Waals surface area contributed by atoms with E-state index in [2.05, 4.69) is 4.98 Å². The van der Waals surface area contributed by atoms with Gasteiger partial charge in [-0.2, -0.15) is 0 Å². The van der Waals surface area contributed by atoms with Crippen molar-refractivity contribution < 1.29 is 36.6 Å². The van der Waals surface area contributed by atoms with E-state index in [1.165, 1.54) is 31.4 Å². The highest BCUT2D eigenvalue weighted by atomic mass is 32.2. The molecule has 3 heterocycles. The van der Waals surface area contributed by atoms with Crippen LogP contribution in [0.4, 0.5) is 0 Å². The van der Waals surface area contributed by atoms with E-state index in [1.807, 2.05) is 6.07 Å². The topological polar surface area (TPSA) is 125 Å². The number of furan rings is 1. The van der Waals surface area contributed by atoms with E-state index in [4.69, 9.17) is 18.6 Å². The summed E-state index contributed by atoms with van der Waals surface area (Å²) in [5.41, 5.74) is -0.774. The Balaban J connectivity index is 1.42. The number of aromatic nitrogens is 1. The van der Waals surface area contributed by atoms with Gasteiger partial charge in [0.1, 0.15) is 11.3 Å². The van der Waals surface area contributed by atoms with Crippen molar-refractivity contribution >= 4 is 43.5 Å². The average Bonchev–Trinajstić information content (AvgIpc) is 3.61. The minimum atomic E-state index is -3.96. The van der Waals surface area contributed by atoms with Gasteiger partial charge in [-0.25, -0.2) is 13.2 Å². The molecule has 0 radical (unpaired) electrons. The number of carbonyl (C=O) groups excluding carboxylic acids is 2. The van der Waals surface area contributed by atoms with E-state index >= 15 is 0 Å². The molecule has 5 aromatic rings. The number of aromatic amines is 1. The first-order chi connectivity index (χ1) is 17.4. The van der Waals surface area contributed by atoms with Crippen LogP contribution in [0.1, 0.15) is 26.6 Å². The first-order valence-electron chi connectivity index (χ1n) is 10.8. The summed E-state index contributed by atoms with van der Waals surface area (Å²) in [4.78, 5) is 29.1. The third kappa shape index (κ3) is 3.34. The minimum absolute atomic E-state index is 0.0290. The molecule has 1 unspecified atom stereocenters. The monoisotopic (exact) mass is 503 g/mol. The first kappa shape index (κ1) is 21.9. The van der Waals surface area contributed by atoms with Gasteiger partial charge < -0.3 is 23.6 Å². The van der Waals surface area contributed by atoms with Crippen molar-refractivity contribution in [3.63, 3.8) is 0 Å². The second-order valence-corrected chi connectivity index (χ2v) is 10.0. The van der Waals surface area contributed by atoms with Gasteiger partial charge in [-0.1, -0.05) is 36.4 Å². The van der Waals surface area contributed by atoms with Gasteiger partial charge in [0.05, 0.1) is 23.1 Å².